The Morgan fingerprint density at radius 3 is 3.00 bits per heavy atom. The van der Waals surface area contributed by atoms with Gasteiger partial charge >= 0.3 is 5.97 Å². The number of aliphatic carboxylic acids is 1. The Hall–Kier alpha value is -1.12. The molecular formula is C8H10O3. The highest BCUT2D eigenvalue weighted by Gasteiger charge is 2.20. The molecule has 1 aliphatic carbocycles. The maximum Gasteiger partial charge on any atom is 0.304 e. The molecule has 1 aliphatic rings. The molecule has 0 heterocycles. The van der Waals surface area contributed by atoms with Crippen LogP contribution >= 0.6 is 0 Å². The second kappa shape index (κ2) is 3.32. The van der Waals surface area contributed by atoms with Gasteiger partial charge in [-0.05, 0) is 18.9 Å². The zero-order valence-electron chi connectivity index (χ0n) is 6.12. The summed E-state index contributed by atoms with van der Waals surface area (Å²) in [5.41, 5.74) is 0. The Morgan fingerprint density at radius 1 is 1.73 bits per heavy atom. The van der Waals surface area contributed by atoms with Crippen LogP contribution in [0.1, 0.15) is 19.3 Å². The summed E-state index contributed by atoms with van der Waals surface area (Å²) >= 11 is 0. The molecule has 0 spiro atoms. The molecular weight excluding hydrogens is 144 g/mol. The van der Waals surface area contributed by atoms with Gasteiger partial charge in [-0.2, -0.15) is 0 Å². The van der Waals surface area contributed by atoms with Gasteiger partial charge in [-0.1, -0.05) is 6.08 Å². The lowest BCUT2D eigenvalue weighted by Crippen LogP contribution is -2.18. The van der Waals surface area contributed by atoms with Gasteiger partial charge in [0.15, 0.2) is 5.78 Å². The summed E-state index contributed by atoms with van der Waals surface area (Å²) in [5.74, 6) is -1.21. The zero-order chi connectivity index (χ0) is 8.27. The van der Waals surface area contributed by atoms with Crippen molar-refractivity contribution < 1.29 is 14.7 Å². The fraction of sp³-hybridized carbons (Fsp3) is 0.500. The van der Waals surface area contributed by atoms with Gasteiger partial charge in [-0.25, -0.2) is 0 Å². The minimum absolute atomic E-state index is 0.0246. The standard InChI is InChI=1S/C8H10O3/c9-7-4-2-1-3-6(7)5-8(10)11/h2,4,6H,1,3,5H2,(H,10,11). The van der Waals surface area contributed by atoms with E-state index >= 15 is 0 Å². The van der Waals surface area contributed by atoms with Gasteiger partial charge in [0.05, 0.1) is 6.42 Å². The van der Waals surface area contributed by atoms with Crippen LogP contribution in [0.2, 0.25) is 0 Å². The Kier molecular flexibility index (Phi) is 2.41. The molecule has 0 aromatic heterocycles. The third kappa shape index (κ3) is 2.18. The first-order valence-electron chi connectivity index (χ1n) is 3.62. The van der Waals surface area contributed by atoms with Crippen molar-refractivity contribution in [2.75, 3.05) is 0 Å². The average Bonchev–Trinajstić information content (AvgIpc) is 1.93. The molecule has 11 heavy (non-hydrogen) atoms. The molecule has 1 N–H and O–H groups in total. The van der Waals surface area contributed by atoms with Crippen LogP contribution in [-0.2, 0) is 9.59 Å². The van der Waals surface area contributed by atoms with Crippen LogP contribution in [-0.4, -0.2) is 16.9 Å². The van der Waals surface area contributed by atoms with Crippen molar-refractivity contribution in [3.63, 3.8) is 0 Å². The normalized spacial score (nSPS) is 23.6. The van der Waals surface area contributed by atoms with E-state index in [0.29, 0.717) is 6.42 Å². The molecule has 3 heteroatoms. The van der Waals surface area contributed by atoms with Crippen molar-refractivity contribution in [1.82, 2.24) is 0 Å². The summed E-state index contributed by atoms with van der Waals surface area (Å²) in [6.45, 7) is 0. The smallest absolute Gasteiger partial charge is 0.304 e. The second-order valence-electron chi connectivity index (χ2n) is 2.68. The summed E-state index contributed by atoms with van der Waals surface area (Å²) in [4.78, 5) is 21.2. The number of carboxylic acids is 1. The number of ketones is 1. The SMILES string of the molecule is O=C(O)CC1CCC=CC1=O. The topological polar surface area (TPSA) is 54.4 Å². The number of carboxylic acid groups (broad SMARTS) is 1. The van der Waals surface area contributed by atoms with E-state index < -0.39 is 5.97 Å². The van der Waals surface area contributed by atoms with Crippen molar-refractivity contribution in [1.29, 1.82) is 0 Å². The number of carbonyl (C=O) groups is 2. The molecule has 60 valence electrons. The van der Waals surface area contributed by atoms with Gasteiger partial charge in [-0.15, -0.1) is 0 Å². The van der Waals surface area contributed by atoms with E-state index in [0.717, 1.165) is 6.42 Å². The highest BCUT2D eigenvalue weighted by molar-refractivity contribution is 5.94. The molecule has 0 bridgehead atoms. The van der Waals surface area contributed by atoms with E-state index in [1.165, 1.54) is 6.08 Å². The Labute approximate surface area is 64.7 Å². The fourth-order valence-electron chi connectivity index (χ4n) is 1.19. The summed E-state index contributed by atoms with van der Waals surface area (Å²) in [6, 6.07) is 0. The predicted octanol–water partition coefficient (Wildman–Crippen LogP) is 0.996. The lowest BCUT2D eigenvalue weighted by molar-refractivity contribution is -0.140. The number of hydrogen-bond acceptors (Lipinski definition) is 2. The molecule has 0 saturated heterocycles. The number of rotatable bonds is 2. The average molecular weight is 154 g/mol. The van der Waals surface area contributed by atoms with Crippen LogP contribution in [0.3, 0.4) is 0 Å². The summed E-state index contributed by atoms with van der Waals surface area (Å²) in [5, 5.41) is 8.41. The minimum atomic E-state index is -0.890. The van der Waals surface area contributed by atoms with E-state index in [1.807, 2.05) is 0 Å². The highest BCUT2D eigenvalue weighted by atomic mass is 16.4. The molecule has 0 aliphatic heterocycles. The van der Waals surface area contributed by atoms with Crippen LogP contribution < -0.4 is 0 Å². The quantitative estimate of drug-likeness (QED) is 0.645. The first kappa shape index (κ1) is 7.98. The summed E-state index contributed by atoms with van der Waals surface area (Å²) in [7, 11) is 0. The molecule has 1 unspecified atom stereocenters. The van der Waals surface area contributed by atoms with E-state index in [1.54, 1.807) is 6.08 Å². The molecule has 0 fully saturated rings. The highest BCUT2D eigenvalue weighted by Crippen LogP contribution is 2.17. The molecule has 0 radical (unpaired) electrons. The van der Waals surface area contributed by atoms with Crippen LogP contribution in [0.4, 0.5) is 0 Å². The van der Waals surface area contributed by atoms with Crippen LogP contribution in [0.5, 0.6) is 0 Å². The number of carbonyl (C=O) groups excluding carboxylic acids is 1. The number of allylic oxidation sites excluding steroid dienone is 2. The van der Waals surface area contributed by atoms with Gasteiger partial charge < -0.3 is 5.11 Å². The Morgan fingerprint density at radius 2 is 2.45 bits per heavy atom. The molecule has 1 atom stereocenters. The van der Waals surface area contributed by atoms with Gasteiger partial charge in [0, 0.05) is 5.92 Å². The molecule has 1 rings (SSSR count). The van der Waals surface area contributed by atoms with Crippen molar-refractivity contribution in [3.05, 3.63) is 12.2 Å². The van der Waals surface area contributed by atoms with Crippen LogP contribution in [0.25, 0.3) is 0 Å². The fourth-order valence-corrected chi connectivity index (χ4v) is 1.19. The lowest BCUT2D eigenvalue weighted by atomic mass is 9.90. The van der Waals surface area contributed by atoms with Crippen molar-refractivity contribution in [2.45, 2.75) is 19.3 Å². The predicted molar refractivity (Wildman–Crippen MR) is 39.1 cm³/mol. The Bertz CT molecular complexity index is 205. The summed E-state index contributed by atoms with van der Waals surface area (Å²) < 4.78 is 0. The minimum Gasteiger partial charge on any atom is -0.481 e. The van der Waals surface area contributed by atoms with E-state index in [-0.39, 0.29) is 18.1 Å². The molecule has 3 nitrogen and oxygen atoms in total. The van der Waals surface area contributed by atoms with E-state index in [4.69, 9.17) is 5.11 Å². The van der Waals surface area contributed by atoms with Crippen LogP contribution in [0, 0.1) is 5.92 Å². The van der Waals surface area contributed by atoms with E-state index in [9.17, 15) is 9.59 Å². The largest absolute Gasteiger partial charge is 0.481 e. The van der Waals surface area contributed by atoms with Gasteiger partial charge in [0.25, 0.3) is 0 Å². The maximum absolute atomic E-state index is 11.0. The van der Waals surface area contributed by atoms with Gasteiger partial charge in [0.2, 0.25) is 0 Å². The van der Waals surface area contributed by atoms with Gasteiger partial charge in [0.1, 0.15) is 0 Å². The molecule has 0 saturated carbocycles. The molecule has 0 amide bonds. The van der Waals surface area contributed by atoms with Crippen molar-refractivity contribution >= 4 is 11.8 Å². The second-order valence-corrected chi connectivity index (χ2v) is 2.68. The monoisotopic (exact) mass is 154 g/mol. The van der Waals surface area contributed by atoms with Crippen molar-refractivity contribution in [2.24, 2.45) is 5.92 Å². The maximum atomic E-state index is 11.0. The lowest BCUT2D eigenvalue weighted by Gasteiger charge is -2.13. The summed E-state index contributed by atoms with van der Waals surface area (Å²) in [6.07, 6.45) is 4.76. The van der Waals surface area contributed by atoms with Crippen LogP contribution in [0.15, 0.2) is 12.2 Å². The van der Waals surface area contributed by atoms with Crippen molar-refractivity contribution in [3.8, 4) is 0 Å². The van der Waals surface area contributed by atoms with E-state index in [2.05, 4.69) is 0 Å². The first-order chi connectivity index (χ1) is 5.20. The van der Waals surface area contributed by atoms with Gasteiger partial charge in [-0.3, -0.25) is 9.59 Å². The molecule has 0 aromatic rings. The third-order valence-corrected chi connectivity index (χ3v) is 1.79. The number of hydrogen-bond donors (Lipinski definition) is 1. The first-order valence-corrected chi connectivity index (χ1v) is 3.62. The zero-order valence-corrected chi connectivity index (χ0v) is 6.12. The molecule has 0 aromatic carbocycles. The Balaban J connectivity index is 2.52. The third-order valence-electron chi connectivity index (χ3n) is 1.79.